The second-order valence-electron chi connectivity index (χ2n) is 5.10. The van der Waals surface area contributed by atoms with Crippen LogP contribution >= 0.6 is 0 Å². The Balaban J connectivity index is 2.75. The van der Waals surface area contributed by atoms with Crippen LogP contribution in [-0.2, 0) is 4.74 Å². The van der Waals surface area contributed by atoms with E-state index >= 15 is 0 Å². The van der Waals surface area contributed by atoms with Gasteiger partial charge in [0.25, 0.3) is 0 Å². The summed E-state index contributed by atoms with van der Waals surface area (Å²) in [7, 11) is 0. The lowest BCUT2D eigenvalue weighted by atomic mass is 10.2. The summed E-state index contributed by atoms with van der Waals surface area (Å²) in [6.45, 7) is 7.31. The second-order valence-corrected chi connectivity index (χ2v) is 5.10. The molecule has 0 aromatic heterocycles. The minimum atomic E-state index is -0.471. The maximum Gasteiger partial charge on any atom is 0.217 e. The topological polar surface area (TPSA) is 73.2 Å². The third kappa shape index (κ3) is 3.99. The van der Waals surface area contributed by atoms with Crippen LogP contribution in [-0.4, -0.2) is 70.6 Å². The monoisotopic (exact) mass is 234 g/mol. The fourth-order valence-corrected chi connectivity index (χ4v) is 2.51. The van der Waals surface area contributed by atoms with Crippen molar-refractivity contribution in [1.82, 2.24) is 0 Å². The number of hydrogen-bond acceptors (Lipinski definition) is 4. The van der Waals surface area contributed by atoms with Gasteiger partial charge < -0.3 is 20.1 Å². The van der Waals surface area contributed by atoms with E-state index in [1.54, 1.807) is 20.8 Å². The van der Waals surface area contributed by atoms with Gasteiger partial charge in [-0.05, 0) is 20.8 Å². The van der Waals surface area contributed by atoms with E-state index in [9.17, 15) is 15.3 Å². The molecule has 1 aliphatic rings. The van der Waals surface area contributed by atoms with Crippen molar-refractivity contribution in [2.24, 2.45) is 0 Å². The molecule has 5 heteroatoms. The highest BCUT2D eigenvalue weighted by Gasteiger charge is 2.48. The molecule has 0 radical (unpaired) electrons. The zero-order valence-electron chi connectivity index (χ0n) is 10.3. The van der Waals surface area contributed by atoms with E-state index in [2.05, 4.69) is 0 Å². The molecular weight excluding hydrogens is 210 g/mol. The summed E-state index contributed by atoms with van der Waals surface area (Å²) >= 11 is 0. The first-order valence-electron chi connectivity index (χ1n) is 5.87. The van der Waals surface area contributed by atoms with Crippen LogP contribution in [0.4, 0.5) is 0 Å². The summed E-state index contributed by atoms with van der Waals surface area (Å²) in [4.78, 5) is 0. The van der Waals surface area contributed by atoms with Crippen LogP contribution < -0.4 is 0 Å². The molecule has 5 nitrogen and oxygen atoms in total. The van der Waals surface area contributed by atoms with Gasteiger partial charge in [-0.25, -0.2) is 0 Å². The Morgan fingerprint density at radius 3 is 1.50 bits per heavy atom. The molecule has 1 saturated heterocycles. The summed E-state index contributed by atoms with van der Waals surface area (Å²) in [5.74, 6) is 0. The summed E-state index contributed by atoms with van der Waals surface area (Å²) < 4.78 is 5.75. The first-order valence-corrected chi connectivity index (χ1v) is 5.87. The molecule has 0 aliphatic carbocycles. The van der Waals surface area contributed by atoms with E-state index < -0.39 is 18.3 Å². The van der Waals surface area contributed by atoms with Gasteiger partial charge in [0.15, 0.2) is 0 Å². The zero-order chi connectivity index (χ0) is 12.3. The number of aliphatic hydroxyl groups is 3. The molecular formula is C11H24NO4+. The lowest BCUT2D eigenvalue weighted by Gasteiger charge is -2.39. The largest absolute Gasteiger partial charge is 0.388 e. The third-order valence-corrected chi connectivity index (χ3v) is 2.81. The van der Waals surface area contributed by atoms with Crippen LogP contribution in [0.2, 0.25) is 0 Å². The fourth-order valence-electron chi connectivity index (χ4n) is 2.51. The summed E-state index contributed by atoms with van der Waals surface area (Å²) in [5.41, 5.74) is 0. The Bertz CT molecular complexity index is 188. The predicted molar refractivity (Wildman–Crippen MR) is 59.6 cm³/mol. The number of rotatable bonds is 7. The van der Waals surface area contributed by atoms with Gasteiger partial charge in [0, 0.05) is 0 Å². The Morgan fingerprint density at radius 1 is 1.00 bits per heavy atom. The molecule has 0 saturated carbocycles. The lowest BCUT2D eigenvalue weighted by Crippen LogP contribution is -2.59. The standard InChI is InChI=1S/C11H24NO4/c1-8(13)4-12(5-9(2)14,6-10(3)15)11-7-16-11/h8-11,13-15H,4-7H2,1-3H3/q+1. The minimum Gasteiger partial charge on any atom is -0.388 e. The van der Waals surface area contributed by atoms with Crippen molar-refractivity contribution in [1.29, 1.82) is 0 Å². The molecule has 0 aromatic carbocycles. The van der Waals surface area contributed by atoms with E-state index in [-0.39, 0.29) is 6.23 Å². The van der Waals surface area contributed by atoms with Crippen LogP contribution in [0.3, 0.4) is 0 Å². The summed E-state index contributed by atoms with van der Waals surface area (Å²) in [5, 5.41) is 28.7. The lowest BCUT2D eigenvalue weighted by molar-refractivity contribution is -0.954. The quantitative estimate of drug-likeness (QED) is 0.402. The fraction of sp³-hybridized carbons (Fsp3) is 1.00. The molecule has 0 bridgehead atoms. The van der Waals surface area contributed by atoms with Gasteiger partial charge in [-0.2, -0.15) is 0 Å². The number of quaternary nitrogens is 1. The maximum absolute atomic E-state index is 9.56. The first kappa shape index (κ1) is 13.9. The van der Waals surface area contributed by atoms with Gasteiger partial charge in [0.2, 0.25) is 6.23 Å². The van der Waals surface area contributed by atoms with Crippen molar-refractivity contribution in [3.63, 3.8) is 0 Å². The van der Waals surface area contributed by atoms with Crippen molar-refractivity contribution in [2.45, 2.75) is 45.3 Å². The molecule has 1 fully saturated rings. The number of ether oxygens (including phenoxy) is 1. The summed E-state index contributed by atoms with van der Waals surface area (Å²) in [6.07, 6.45) is -1.40. The van der Waals surface area contributed by atoms with Crippen LogP contribution in [0.25, 0.3) is 0 Å². The van der Waals surface area contributed by atoms with Gasteiger partial charge in [0.05, 0.1) is 0 Å². The van der Waals surface area contributed by atoms with Crippen molar-refractivity contribution in [2.75, 3.05) is 26.2 Å². The van der Waals surface area contributed by atoms with Crippen LogP contribution in [0, 0.1) is 0 Å². The van der Waals surface area contributed by atoms with E-state index in [4.69, 9.17) is 4.74 Å². The Labute approximate surface area is 96.8 Å². The van der Waals surface area contributed by atoms with Crippen molar-refractivity contribution < 1.29 is 24.5 Å². The summed E-state index contributed by atoms with van der Waals surface area (Å²) in [6, 6.07) is 0. The highest BCUT2D eigenvalue weighted by Crippen LogP contribution is 2.27. The van der Waals surface area contributed by atoms with Crippen LogP contribution in [0.5, 0.6) is 0 Å². The molecule has 4 unspecified atom stereocenters. The Morgan fingerprint density at radius 2 is 1.31 bits per heavy atom. The smallest absolute Gasteiger partial charge is 0.217 e. The van der Waals surface area contributed by atoms with Crippen LogP contribution in [0.1, 0.15) is 20.8 Å². The average Bonchev–Trinajstić information content (AvgIpc) is 2.79. The maximum atomic E-state index is 9.56. The van der Waals surface area contributed by atoms with Gasteiger partial charge in [-0.3, -0.25) is 4.48 Å². The Hall–Kier alpha value is -0.200. The van der Waals surface area contributed by atoms with Gasteiger partial charge in [0.1, 0.15) is 44.6 Å². The Kier molecular flexibility index (Phi) is 4.70. The molecule has 4 atom stereocenters. The van der Waals surface area contributed by atoms with E-state index in [1.807, 2.05) is 0 Å². The van der Waals surface area contributed by atoms with Crippen molar-refractivity contribution in [3.05, 3.63) is 0 Å². The van der Waals surface area contributed by atoms with E-state index in [1.165, 1.54) is 0 Å². The van der Waals surface area contributed by atoms with Gasteiger partial charge >= 0.3 is 0 Å². The minimum absolute atomic E-state index is 0.0128. The number of aliphatic hydroxyl groups excluding tert-OH is 3. The zero-order valence-corrected chi connectivity index (χ0v) is 10.3. The first-order chi connectivity index (χ1) is 7.35. The third-order valence-electron chi connectivity index (χ3n) is 2.81. The average molecular weight is 234 g/mol. The van der Waals surface area contributed by atoms with E-state index in [0.717, 1.165) is 0 Å². The molecule has 0 amide bonds. The molecule has 0 aromatic rings. The highest BCUT2D eigenvalue weighted by molar-refractivity contribution is 4.66. The van der Waals surface area contributed by atoms with Gasteiger partial charge in [-0.1, -0.05) is 0 Å². The highest BCUT2D eigenvalue weighted by atomic mass is 16.6. The molecule has 3 N–H and O–H groups in total. The number of nitrogens with zero attached hydrogens (tertiary/aromatic N) is 1. The van der Waals surface area contributed by atoms with Gasteiger partial charge in [-0.15, -0.1) is 0 Å². The molecule has 1 rings (SSSR count). The molecule has 96 valence electrons. The predicted octanol–water partition coefficient (Wildman–Crippen LogP) is -0.698. The molecule has 1 aliphatic heterocycles. The van der Waals surface area contributed by atoms with Crippen molar-refractivity contribution >= 4 is 0 Å². The van der Waals surface area contributed by atoms with Crippen molar-refractivity contribution in [3.8, 4) is 0 Å². The van der Waals surface area contributed by atoms with E-state index in [0.29, 0.717) is 30.7 Å². The molecule has 0 spiro atoms. The normalized spacial score (nSPS) is 29.2. The SMILES string of the molecule is CC(O)C[N+](CC(C)O)(CC(C)O)C1CO1. The molecule has 16 heavy (non-hydrogen) atoms. The number of hydrogen-bond donors (Lipinski definition) is 3. The molecule has 1 heterocycles. The van der Waals surface area contributed by atoms with Crippen LogP contribution in [0.15, 0.2) is 0 Å². The number of epoxide rings is 1. The second kappa shape index (κ2) is 5.42.